The van der Waals surface area contributed by atoms with Crippen LogP contribution in [-0.4, -0.2) is 5.78 Å². The number of nitrogen functional groups attached to an aromatic ring is 1. The SMILES string of the molecule is CC(=O)/C=C/c1cc(C)c(Oc2cc(Nc3ccc(C#N)cc3)c(N)cc2C(F)(F)F)c(C)c1. The van der Waals surface area contributed by atoms with Gasteiger partial charge in [-0.1, -0.05) is 6.08 Å². The molecule has 3 N–H and O–H groups in total. The third kappa shape index (κ3) is 5.75. The fourth-order valence-corrected chi connectivity index (χ4v) is 3.36. The molecule has 0 fully saturated rings. The Bertz CT molecular complexity index is 1280. The van der Waals surface area contributed by atoms with Crippen LogP contribution in [-0.2, 0) is 11.0 Å². The van der Waals surface area contributed by atoms with Crippen LogP contribution in [0.15, 0.2) is 54.6 Å². The molecule has 0 saturated carbocycles. The molecule has 0 bridgehead atoms. The Morgan fingerprint density at radius 1 is 1.09 bits per heavy atom. The van der Waals surface area contributed by atoms with Gasteiger partial charge in [0, 0.05) is 11.8 Å². The molecule has 0 aliphatic rings. The fraction of sp³-hybridized carbons (Fsp3) is 0.154. The number of carbonyl (C=O) groups excluding carboxylic acids is 1. The van der Waals surface area contributed by atoms with Crippen LogP contribution in [0, 0.1) is 25.2 Å². The molecule has 0 atom stereocenters. The Kier molecular flexibility index (Phi) is 6.97. The van der Waals surface area contributed by atoms with E-state index in [0.717, 1.165) is 11.6 Å². The van der Waals surface area contributed by atoms with Crippen LogP contribution < -0.4 is 15.8 Å². The number of nitriles is 1. The second kappa shape index (κ2) is 9.71. The highest BCUT2D eigenvalue weighted by Gasteiger charge is 2.36. The number of halogens is 3. The van der Waals surface area contributed by atoms with E-state index in [-0.39, 0.29) is 22.9 Å². The summed E-state index contributed by atoms with van der Waals surface area (Å²) in [4.78, 5) is 11.2. The number of benzene rings is 3. The van der Waals surface area contributed by atoms with Crippen molar-refractivity contribution in [3.8, 4) is 17.6 Å². The molecule has 0 unspecified atom stereocenters. The summed E-state index contributed by atoms with van der Waals surface area (Å²) in [5.74, 6) is -0.245. The third-order valence-corrected chi connectivity index (χ3v) is 4.96. The minimum Gasteiger partial charge on any atom is -0.456 e. The van der Waals surface area contributed by atoms with Gasteiger partial charge in [0.1, 0.15) is 17.1 Å². The zero-order valence-electron chi connectivity index (χ0n) is 18.7. The summed E-state index contributed by atoms with van der Waals surface area (Å²) < 4.78 is 47.2. The number of alkyl halides is 3. The molecule has 174 valence electrons. The first-order valence-corrected chi connectivity index (χ1v) is 10.2. The molecule has 0 aliphatic carbocycles. The number of hydrogen-bond acceptors (Lipinski definition) is 5. The molecule has 3 aromatic carbocycles. The first-order valence-electron chi connectivity index (χ1n) is 10.2. The highest BCUT2D eigenvalue weighted by Crippen LogP contribution is 2.43. The maximum absolute atomic E-state index is 13.8. The van der Waals surface area contributed by atoms with E-state index >= 15 is 0 Å². The van der Waals surface area contributed by atoms with Crippen LogP contribution in [0.5, 0.6) is 11.5 Å². The Morgan fingerprint density at radius 3 is 2.24 bits per heavy atom. The summed E-state index contributed by atoms with van der Waals surface area (Å²) in [6.45, 7) is 4.86. The van der Waals surface area contributed by atoms with E-state index in [1.165, 1.54) is 19.1 Å². The molecule has 8 heteroatoms. The molecule has 0 radical (unpaired) electrons. The second-order valence-corrected chi connectivity index (χ2v) is 7.78. The van der Waals surface area contributed by atoms with E-state index in [9.17, 15) is 18.0 Å². The molecule has 0 aliphatic heterocycles. The number of ether oxygens (including phenoxy) is 1. The molecule has 0 amide bonds. The number of nitrogens with two attached hydrogens (primary N) is 1. The Balaban J connectivity index is 2.03. The normalized spacial score (nSPS) is 11.3. The van der Waals surface area contributed by atoms with Crippen molar-refractivity contribution in [3.05, 3.63) is 82.4 Å². The van der Waals surface area contributed by atoms with Gasteiger partial charge in [-0.3, -0.25) is 4.79 Å². The summed E-state index contributed by atoms with van der Waals surface area (Å²) in [5.41, 5.74) is 7.96. The van der Waals surface area contributed by atoms with Gasteiger partial charge in [0.15, 0.2) is 5.78 Å². The van der Waals surface area contributed by atoms with Crippen molar-refractivity contribution < 1.29 is 22.7 Å². The van der Waals surface area contributed by atoms with Gasteiger partial charge in [0.2, 0.25) is 0 Å². The lowest BCUT2D eigenvalue weighted by molar-refractivity contribution is -0.138. The van der Waals surface area contributed by atoms with Crippen molar-refractivity contribution in [2.45, 2.75) is 26.9 Å². The molecular weight excluding hydrogens is 443 g/mol. The predicted octanol–water partition coefficient (Wildman–Crippen LogP) is 6.91. The average molecular weight is 465 g/mol. The number of aryl methyl sites for hydroxylation is 2. The van der Waals surface area contributed by atoms with Crippen molar-refractivity contribution in [1.82, 2.24) is 0 Å². The molecule has 0 heterocycles. The van der Waals surface area contributed by atoms with Crippen LogP contribution in [0.25, 0.3) is 6.08 Å². The maximum atomic E-state index is 13.8. The molecule has 34 heavy (non-hydrogen) atoms. The lowest BCUT2D eigenvalue weighted by atomic mass is 10.0. The minimum atomic E-state index is -4.69. The highest BCUT2D eigenvalue weighted by atomic mass is 19.4. The van der Waals surface area contributed by atoms with E-state index in [0.29, 0.717) is 22.4 Å². The second-order valence-electron chi connectivity index (χ2n) is 7.78. The summed E-state index contributed by atoms with van der Waals surface area (Å²) in [7, 11) is 0. The largest absolute Gasteiger partial charge is 0.456 e. The number of anilines is 3. The summed E-state index contributed by atoms with van der Waals surface area (Å²) in [5, 5.41) is 11.9. The van der Waals surface area contributed by atoms with E-state index in [1.807, 2.05) is 6.07 Å². The summed E-state index contributed by atoms with van der Waals surface area (Å²) >= 11 is 0. The molecule has 0 saturated heterocycles. The average Bonchev–Trinajstić information content (AvgIpc) is 2.76. The minimum absolute atomic E-state index is 0.109. The lowest BCUT2D eigenvalue weighted by Crippen LogP contribution is -2.10. The van der Waals surface area contributed by atoms with Crippen molar-refractivity contribution in [2.24, 2.45) is 0 Å². The predicted molar refractivity (Wildman–Crippen MR) is 126 cm³/mol. The van der Waals surface area contributed by atoms with Gasteiger partial charge in [-0.2, -0.15) is 18.4 Å². The number of ketones is 1. The first kappa shape index (κ1) is 24.4. The van der Waals surface area contributed by atoms with Crippen LogP contribution in [0.4, 0.5) is 30.2 Å². The number of allylic oxidation sites excluding steroid dienone is 1. The van der Waals surface area contributed by atoms with Crippen LogP contribution in [0.3, 0.4) is 0 Å². The van der Waals surface area contributed by atoms with Gasteiger partial charge < -0.3 is 15.8 Å². The number of rotatable bonds is 6. The highest BCUT2D eigenvalue weighted by molar-refractivity contribution is 5.91. The summed E-state index contributed by atoms with van der Waals surface area (Å²) in [6.07, 6.45) is -1.64. The summed E-state index contributed by atoms with van der Waals surface area (Å²) in [6, 6.07) is 13.9. The van der Waals surface area contributed by atoms with Gasteiger partial charge >= 0.3 is 6.18 Å². The van der Waals surface area contributed by atoms with Crippen LogP contribution >= 0.6 is 0 Å². The standard InChI is InChI=1S/C26H22F3N3O2/c1-15-10-19(5-4-17(3)33)11-16(2)25(15)34-24-13-23(22(31)12-21(24)26(27,28)29)32-20-8-6-18(14-30)7-9-20/h4-13,32H,31H2,1-3H3/b5-4+. The van der Waals surface area contributed by atoms with Gasteiger partial charge in [0.05, 0.1) is 23.0 Å². The third-order valence-electron chi connectivity index (χ3n) is 4.96. The molecule has 0 spiro atoms. The topological polar surface area (TPSA) is 88.1 Å². The molecular formula is C26H22F3N3O2. The number of nitrogens with one attached hydrogen (secondary N) is 1. The first-order chi connectivity index (χ1) is 16.0. The van der Waals surface area contributed by atoms with E-state index in [4.69, 9.17) is 15.7 Å². The number of carbonyl (C=O) groups is 1. The number of hydrogen-bond donors (Lipinski definition) is 2. The van der Waals surface area contributed by atoms with Gasteiger partial charge in [-0.15, -0.1) is 0 Å². The van der Waals surface area contributed by atoms with Crippen molar-refractivity contribution in [3.63, 3.8) is 0 Å². The molecule has 3 aromatic rings. The zero-order chi connectivity index (χ0) is 25.0. The quantitative estimate of drug-likeness (QED) is 0.305. The molecule has 5 nitrogen and oxygen atoms in total. The van der Waals surface area contributed by atoms with Crippen LogP contribution in [0.2, 0.25) is 0 Å². The maximum Gasteiger partial charge on any atom is 0.420 e. The lowest BCUT2D eigenvalue weighted by Gasteiger charge is -2.20. The number of nitrogens with zero attached hydrogens (tertiary/aromatic N) is 1. The van der Waals surface area contributed by atoms with Gasteiger partial charge in [0.25, 0.3) is 0 Å². The monoisotopic (exact) mass is 465 g/mol. The Morgan fingerprint density at radius 2 is 1.71 bits per heavy atom. The van der Waals surface area contributed by atoms with E-state index < -0.39 is 17.5 Å². The van der Waals surface area contributed by atoms with Crippen molar-refractivity contribution >= 4 is 28.9 Å². The van der Waals surface area contributed by atoms with Crippen molar-refractivity contribution in [2.75, 3.05) is 11.1 Å². The van der Waals surface area contributed by atoms with E-state index in [2.05, 4.69) is 5.32 Å². The Labute approximate surface area is 195 Å². The smallest absolute Gasteiger partial charge is 0.420 e. The van der Waals surface area contributed by atoms with Crippen molar-refractivity contribution in [1.29, 1.82) is 5.26 Å². The van der Waals surface area contributed by atoms with Gasteiger partial charge in [-0.05, 0) is 86.0 Å². The Hall–Kier alpha value is -4.25. The molecule has 3 rings (SSSR count). The zero-order valence-corrected chi connectivity index (χ0v) is 18.7. The fourth-order valence-electron chi connectivity index (χ4n) is 3.36. The van der Waals surface area contributed by atoms with Gasteiger partial charge in [-0.25, -0.2) is 0 Å². The van der Waals surface area contributed by atoms with E-state index in [1.54, 1.807) is 56.3 Å². The molecule has 0 aromatic heterocycles. The van der Waals surface area contributed by atoms with Crippen LogP contribution in [0.1, 0.15) is 34.7 Å².